The van der Waals surface area contributed by atoms with Crippen LogP contribution in [0.3, 0.4) is 0 Å². The SMILES string of the molecule is C[C@H](NC(=O)OCc1ccccc1)C(=O)N[C@@H](C)C(=O)NN(CC(N)=O)C(=O)[C@H]1O[C@@H]1C(=O)N(C)Cc1ccccc1. The van der Waals surface area contributed by atoms with E-state index in [0.29, 0.717) is 5.01 Å². The van der Waals surface area contributed by atoms with Crippen LogP contribution in [0, 0.1) is 0 Å². The average Bonchev–Trinajstić information content (AvgIpc) is 3.76. The number of carbonyl (C=O) groups is 6. The molecule has 1 aliphatic rings. The van der Waals surface area contributed by atoms with E-state index in [1.54, 1.807) is 31.3 Å². The molecule has 0 radical (unpaired) electrons. The van der Waals surface area contributed by atoms with E-state index in [1.807, 2.05) is 36.4 Å². The van der Waals surface area contributed by atoms with Crippen LogP contribution in [0.1, 0.15) is 25.0 Å². The summed E-state index contributed by atoms with van der Waals surface area (Å²) < 4.78 is 10.4. The summed E-state index contributed by atoms with van der Waals surface area (Å²) in [6.07, 6.45) is -3.16. The second-order valence-corrected chi connectivity index (χ2v) is 9.68. The summed E-state index contributed by atoms with van der Waals surface area (Å²) in [6, 6.07) is 15.9. The van der Waals surface area contributed by atoms with Gasteiger partial charge in [-0.1, -0.05) is 60.7 Å². The van der Waals surface area contributed by atoms with Crippen LogP contribution in [0.15, 0.2) is 60.7 Å². The number of primary amides is 1. The summed E-state index contributed by atoms with van der Waals surface area (Å²) in [5, 5.41) is 5.40. The molecule has 0 bridgehead atoms. The normalized spacial score (nSPS) is 16.6. The fourth-order valence-corrected chi connectivity index (χ4v) is 3.76. The Morgan fingerprint density at radius 3 is 1.98 bits per heavy atom. The van der Waals surface area contributed by atoms with Crippen LogP contribution in [0.25, 0.3) is 0 Å². The van der Waals surface area contributed by atoms with Gasteiger partial charge in [0.05, 0.1) is 0 Å². The van der Waals surface area contributed by atoms with Crippen molar-refractivity contribution in [2.24, 2.45) is 5.73 Å². The number of hydrogen-bond acceptors (Lipinski definition) is 8. The fraction of sp³-hybridized carbons (Fsp3) is 0.357. The van der Waals surface area contributed by atoms with Crippen LogP contribution >= 0.6 is 0 Å². The number of rotatable bonds is 12. The first-order chi connectivity index (χ1) is 20.0. The van der Waals surface area contributed by atoms with E-state index in [9.17, 15) is 28.8 Å². The molecule has 14 heteroatoms. The first-order valence-electron chi connectivity index (χ1n) is 13.1. The van der Waals surface area contributed by atoms with E-state index in [1.165, 1.54) is 18.7 Å². The van der Waals surface area contributed by atoms with Crippen LogP contribution in [-0.4, -0.2) is 83.4 Å². The summed E-state index contributed by atoms with van der Waals surface area (Å²) >= 11 is 0. The van der Waals surface area contributed by atoms with Crippen LogP contribution in [0.5, 0.6) is 0 Å². The zero-order chi connectivity index (χ0) is 30.8. The Labute approximate surface area is 242 Å². The van der Waals surface area contributed by atoms with E-state index in [-0.39, 0.29) is 13.2 Å². The standard InChI is InChI=1S/C28H34N6O8/c1-17(31-28(40)41-16-20-12-8-5-9-13-20)24(36)30-18(2)25(37)32-34(15-21(29)35)27(39)23-22(42-23)26(38)33(3)14-19-10-6-4-7-11-19/h4-13,17-18,22-23H,14-16H2,1-3H3,(H2,29,35)(H,30,36)(H,31,40)(H,32,37)/t17-,18-,22-,23-/m0/s1. The number of carbonyl (C=O) groups excluding carboxylic acids is 6. The topological polar surface area (TPSA) is 193 Å². The van der Waals surface area contributed by atoms with E-state index in [0.717, 1.165) is 11.1 Å². The van der Waals surface area contributed by atoms with Gasteiger partial charge in [0, 0.05) is 13.6 Å². The predicted molar refractivity (Wildman–Crippen MR) is 147 cm³/mol. The quantitative estimate of drug-likeness (QED) is 0.191. The van der Waals surface area contributed by atoms with E-state index >= 15 is 0 Å². The summed E-state index contributed by atoms with van der Waals surface area (Å²) in [6.45, 7) is 2.32. The minimum absolute atomic E-state index is 0.00399. The van der Waals surface area contributed by atoms with Crippen molar-refractivity contribution in [3.63, 3.8) is 0 Å². The van der Waals surface area contributed by atoms with Crippen LogP contribution in [-0.2, 0) is 46.6 Å². The molecule has 1 fully saturated rings. The van der Waals surface area contributed by atoms with Crippen LogP contribution < -0.4 is 21.8 Å². The lowest BCUT2D eigenvalue weighted by Gasteiger charge is -2.24. The maximum absolute atomic E-state index is 13.0. The van der Waals surface area contributed by atoms with Gasteiger partial charge in [0.15, 0.2) is 12.2 Å². The molecule has 2 aromatic rings. The molecule has 0 saturated carbocycles. The third-order valence-electron chi connectivity index (χ3n) is 6.13. The maximum Gasteiger partial charge on any atom is 0.408 e. The molecule has 0 aromatic heterocycles. The molecule has 0 aliphatic carbocycles. The predicted octanol–water partition coefficient (Wildman–Crippen LogP) is -0.423. The number of nitrogens with zero attached hydrogens (tertiary/aromatic N) is 2. The van der Waals surface area contributed by atoms with E-state index < -0.39 is 66.5 Å². The van der Waals surface area contributed by atoms with E-state index in [4.69, 9.17) is 15.2 Å². The van der Waals surface area contributed by atoms with Crippen molar-refractivity contribution in [1.29, 1.82) is 0 Å². The molecule has 2 aromatic carbocycles. The lowest BCUT2D eigenvalue weighted by atomic mass is 10.2. The number of epoxide rings is 1. The van der Waals surface area contributed by atoms with Gasteiger partial charge in [0.2, 0.25) is 11.8 Å². The van der Waals surface area contributed by atoms with Crippen molar-refractivity contribution >= 4 is 35.6 Å². The monoisotopic (exact) mass is 582 g/mol. The van der Waals surface area contributed by atoms with Gasteiger partial charge >= 0.3 is 6.09 Å². The van der Waals surface area contributed by atoms with Gasteiger partial charge in [0.25, 0.3) is 17.7 Å². The largest absolute Gasteiger partial charge is 0.445 e. The molecule has 6 amide bonds. The van der Waals surface area contributed by atoms with Crippen molar-refractivity contribution in [3.05, 3.63) is 71.8 Å². The molecule has 0 spiro atoms. The molecule has 3 rings (SSSR count). The minimum Gasteiger partial charge on any atom is -0.445 e. The maximum atomic E-state index is 13.0. The van der Waals surface area contributed by atoms with Gasteiger partial charge in [-0.25, -0.2) is 9.80 Å². The van der Waals surface area contributed by atoms with Crippen molar-refractivity contribution in [2.45, 2.75) is 51.3 Å². The third kappa shape index (κ3) is 9.30. The number of nitrogens with two attached hydrogens (primary N) is 1. The number of benzene rings is 2. The third-order valence-corrected chi connectivity index (χ3v) is 6.13. The Morgan fingerprint density at radius 2 is 1.38 bits per heavy atom. The van der Waals surface area contributed by atoms with Gasteiger partial charge in [-0.3, -0.25) is 29.4 Å². The molecule has 14 nitrogen and oxygen atoms in total. The fourth-order valence-electron chi connectivity index (χ4n) is 3.76. The Hall–Kier alpha value is -4.98. The first kappa shape index (κ1) is 31.5. The number of ether oxygens (including phenoxy) is 2. The van der Waals surface area contributed by atoms with Crippen LogP contribution in [0.4, 0.5) is 4.79 Å². The van der Waals surface area contributed by atoms with E-state index in [2.05, 4.69) is 16.1 Å². The van der Waals surface area contributed by atoms with Crippen LogP contribution in [0.2, 0.25) is 0 Å². The number of amides is 6. The van der Waals surface area contributed by atoms with Crippen molar-refractivity contribution in [3.8, 4) is 0 Å². The molecule has 42 heavy (non-hydrogen) atoms. The Bertz CT molecular complexity index is 1290. The van der Waals surface area contributed by atoms with Crippen molar-refractivity contribution in [2.75, 3.05) is 13.6 Å². The number of likely N-dealkylation sites (N-methyl/N-ethyl adjacent to an activating group) is 1. The second-order valence-electron chi connectivity index (χ2n) is 9.68. The van der Waals surface area contributed by atoms with Gasteiger partial charge in [0.1, 0.15) is 25.2 Å². The Kier molecular flexibility index (Phi) is 11.0. The molecular weight excluding hydrogens is 548 g/mol. The number of alkyl carbamates (subject to hydrolysis) is 1. The van der Waals surface area contributed by atoms with Gasteiger partial charge < -0.3 is 30.7 Å². The highest BCUT2D eigenvalue weighted by molar-refractivity contribution is 5.98. The van der Waals surface area contributed by atoms with Gasteiger partial charge in [-0.05, 0) is 25.0 Å². The van der Waals surface area contributed by atoms with Gasteiger partial charge in [-0.2, -0.15) is 0 Å². The molecular formula is C28H34N6O8. The Morgan fingerprint density at radius 1 is 0.833 bits per heavy atom. The zero-order valence-corrected chi connectivity index (χ0v) is 23.4. The molecule has 1 saturated heterocycles. The summed E-state index contributed by atoms with van der Waals surface area (Å²) in [5.41, 5.74) is 9.11. The number of nitrogens with one attached hydrogen (secondary N) is 3. The number of hydrazine groups is 1. The number of hydrogen-bond donors (Lipinski definition) is 4. The zero-order valence-electron chi connectivity index (χ0n) is 23.4. The highest BCUT2D eigenvalue weighted by Crippen LogP contribution is 2.26. The molecule has 4 atom stereocenters. The molecule has 1 heterocycles. The smallest absolute Gasteiger partial charge is 0.408 e. The van der Waals surface area contributed by atoms with Crippen molar-refractivity contribution in [1.82, 2.24) is 26.0 Å². The summed E-state index contributed by atoms with van der Waals surface area (Å²) in [4.78, 5) is 76.0. The molecule has 0 unspecified atom stereocenters. The minimum atomic E-state index is -1.23. The highest BCUT2D eigenvalue weighted by Gasteiger charge is 2.53. The van der Waals surface area contributed by atoms with Crippen molar-refractivity contribution < 1.29 is 38.2 Å². The first-order valence-corrected chi connectivity index (χ1v) is 13.1. The lowest BCUT2D eigenvalue weighted by Crippen LogP contribution is -2.58. The lowest BCUT2D eigenvalue weighted by molar-refractivity contribution is -0.145. The summed E-state index contributed by atoms with van der Waals surface area (Å²) in [7, 11) is 1.56. The molecule has 5 N–H and O–H groups in total. The van der Waals surface area contributed by atoms with Gasteiger partial charge in [-0.15, -0.1) is 0 Å². The highest BCUT2D eigenvalue weighted by atomic mass is 16.6. The molecule has 1 aliphatic heterocycles. The average molecular weight is 583 g/mol. The summed E-state index contributed by atoms with van der Waals surface area (Å²) in [5.74, 6) is -3.81. The Balaban J connectivity index is 1.49. The molecule has 224 valence electrons. The second kappa shape index (κ2) is 14.6.